The van der Waals surface area contributed by atoms with E-state index in [2.05, 4.69) is 0 Å². The molecular formula is C14H12O4S. The van der Waals surface area contributed by atoms with Gasteiger partial charge in [-0.15, -0.1) is 11.3 Å². The van der Waals surface area contributed by atoms with Crippen molar-refractivity contribution < 1.29 is 19.0 Å². The molecule has 19 heavy (non-hydrogen) atoms. The maximum Gasteiger partial charge on any atom is 0.144 e. The van der Waals surface area contributed by atoms with Crippen LogP contribution in [0.15, 0.2) is 45.2 Å². The van der Waals surface area contributed by atoms with E-state index in [4.69, 9.17) is 19.0 Å². The van der Waals surface area contributed by atoms with Gasteiger partial charge in [0, 0.05) is 0 Å². The molecule has 0 radical (unpaired) electrons. The monoisotopic (exact) mass is 276 g/mol. The second kappa shape index (κ2) is 5.05. The van der Waals surface area contributed by atoms with Gasteiger partial charge in [-0.2, -0.15) is 0 Å². The zero-order valence-electron chi connectivity index (χ0n) is 10.00. The van der Waals surface area contributed by atoms with Gasteiger partial charge >= 0.3 is 0 Å². The van der Waals surface area contributed by atoms with E-state index in [-0.39, 0.29) is 13.2 Å². The quantitative estimate of drug-likeness (QED) is 0.767. The fourth-order valence-electron chi connectivity index (χ4n) is 1.79. The van der Waals surface area contributed by atoms with Gasteiger partial charge in [0.15, 0.2) is 0 Å². The first-order valence-electron chi connectivity index (χ1n) is 5.80. The molecule has 3 heterocycles. The van der Waals surface area contributed by atoms with Crippen LogP contribution >= 0.6 is 11.3 Å². The summed E-state index contributed by atoms with van der Waals surface area (Å²) in [5.74, 6) is 2.56. The molecule has 2 N–H and O–H groups in total. The predicted octanol–water partition coefficient (Wildman–Crippen LogP) is 3.25. The third-order valence-corrected chi connectivity index (χ3v) is 3.84. The number of rotatable bonds is 4. The Morgan fingerprint density at radius 1 is 0.737 bits per heavy atom. The average Bonchev–Trinajstić information content (AvgIpc) is 3.16. The summed E-state index contributed by atoms with van der Waals surface area (Å²) in [5, 5.41) is 18.0. The van der Waals surface area contributed by atoms with Gasteiger partial charge in [-0.25, -0.2) is 0 Å². The molecule has 0 saturated carbocycles. The third-order valence-electron chi connectivity index (χ3n) is 2.73. The smallest absolute Gasteiger partial charge is 0.144 e. The molecule has 3 aromatic heterocycles. The third kappa shape index (κ3) is 2.35. The molecule has 0 bridgehead atoms. The van der Waals surface area contributed by atoms with Crippen molar-refractivity contribution in [2.24, 2.45) is 0 Å². The standard InChI is InChI=1S/C14H12O4S/c15-7-9-1-3-11(17-9)13-5-6-14(19-13)12-4-2-10(8-16)18-12/h1-6,15-16H,7-8H2. The van der Waals surface area contributed by atoms with Gasteiger partial charge in [-0.05, 0) is 36.4 Å². The van der Waals surface area contributed by atoms with Crippen LogP contribution in [0.2, 0.25) is 0 Å². The molecule has 0 aromatic carbocycles. The molecule has 0 amide bonds. The molecule has 0 aliphatic heterocycles. The second-order valence-electron chi connectivity index (χ2n) is 4.01. The van der Waals surface area contributed by atoms with E-state index in [1.165, 1.54) is 11.3 Å². The van der Waals surface area contributed by atoms with Gasteiger partial charge in [0.25, 0.3) is 0 Å². The first-order valence-corrected chi connectivity index (χ1v) is 6.61. The average molecular weight is 276 g/mol. The number of hydrogen-bond donors (Lipinski definition) is 2. The zero-order valence-corrected chi connectivity index (χ0v) is 10.8. The van der Waals surface area contributed by atoms with Crippen LogP contribution < -0.4 is 0 Å². The molecule has 0 saturated heterocycles. The largest absolute Gasteiger partial charge is 0.458 e. The van der Waals surface area contributed by atoms with Gasteiger partial charge in [0.2, 0.25) is 0 Å². The van der Waals surface area contributed by atoms with Crippen LogP contribution in [0.25, 0.3) is 21.3 Å². The Morgan fingerprint density at radius 3 is 1.58 bits per heavy atom. The molecule has 3 rings (SSSR count). The van der Waals surface area contributed by atoms with E-state index in [0.717, 1.165) is 21.3 Å². The Balaban J connectivity index is 1.90. The van der Waals surface area contributed by atoms with E-state index in [1.807, 2.05) is 24.3 Å². The van der Waals surface area contributed by atoms with Crippen molar-refractivity contribution in [3.8, 4) is 21.3 Å². The second-order valence-corrected chi connectivity index (χ2v) is 5.10. The molecule has 5 heteroatoms. The highest BCUT2D eigenvalue weighted by atomic mass is 32.1. The zero-order chi connectivity index (χ0) is 13.2. The molecular weight excluding hydrogens is 264 g/mol. The Morgan fingerprint density at radius 2 is 1.21 bits per heavy atom. The van der Waals surface area contributed by atoms with Crippen LogP contribution in [0.1, 0.15) is 11.5 Å². The summed E-state index contributed by atoms with van der Waals surface area (Å²) in [7, 11) is 0. The number of thiophene rings is 1. The van der Waals surface area contributed by atoms with Crippen molar-refractivity contribution >= 4 is 11.3 Å². The van der Waals surface area contributed by atoms with Gasteiger partial charge in [-0.3, -0.25) is 0 Å². The lowest BCUT2D eigenvalue weighted by Crippen LogP contribution is -1.73. The van der Waals surface area contributed by atoms with Crippen LogP contribution in [0.3, 0.4) is 0 Å². The van der Waals surface area contributed by atoms with Crippen molar-refractivity contribution in [2.45, 2.75) is 13.2 Å². The fourth-order valence-corrected chi connectivity index (χ4v) is 2.72. The SMILES string of the molecule is OCc1ccc(-c2ccc(-c3ccc(CO)o3)s2)o1. The minimum Gasteiger partial charge on any atom is -0.458 e. The first-order chi connectivity index (χ1) is 9.30. The highest BCUT2D eigenvalue weighted by Gasteiger charge is 2.11. The maximum atomic E-state index is 8.98. The van der Waals surface area contributed by atoms with Crippen molar-refractivity contribution in [1.82, 2.24) is 0 Å². The highest BCUT2D eigenvalue weighted by molar-refractivity contribution is 7.18. The summed E-state index contributed by atoms with van der Waals surface area (Å²) in [6.45, 7) is -0.202. The number of hydrogen-bond acceptors (Lipinski definition) is 5. The van der Waals surface area contributed by atoms with Crippen LogP contribution in [-0.4, -0.2) is 10.2 Å². The lowest BCUT2D eigenvalue weighted by molar-refractivity contribution is 0.248. The fraction of sp³-hybridized carbons (Fsp3) is 0.143. The van der Waals surface area contributed by atoms with Gasteiger partial charge in [-0.1, -0.05) is 0 Å². The molecule has 0 unspecified atom stereocenters. The summed E-state index contributed by atoms with van der Waals surface area (Å²) in [5.41, 5.74) is 0. The highest BCUT2D eigenvalue weighted by Crippen LogP contribution is 2.35. The van der Waals surface area contributed by atoms with E-state index in [0.29, 0.717) is 11.5 Å². The molecule has 3 aromatic rings. The minimum absolute atomic E-state index is 0.101. The Kier molecular flexibility index (Phi) is 3.25. The van der Waals surface area contributed by atoms with Crippen LogP contribution in [-0.2, 0) is 13.2 Å². The van der Waals surface area contributed by atoms with Gasteiger partial charge in [0.1, 0.15) is 36.3 Å². The van der Waals surface area contributed by atoms with Crippen LogP contribution in [0, 0.1) is 0 Å². The molecule has 4 nitrogen and oxygen atoms in total. The summed E-state index contributed by atoms with van der Waals surface area (Å²) in [6.07, 6.45) is 0. The lowest BCUT2D eigenvalue weighted by atomic mass is 10.3. The van der Waals surface area contributed by atoms with Crippen molar-refractivity contribution in [1.29, 1.82) is 0 Å². The minimum atomic E-state index is -0.101. The summed E-state index contributed by atoms with van der Waals surface area (Å²) in [4.78, 5) is 1.94. The number of aliphatic hydroxyl groups is 2. The van der Waals surface area contributed by atoms with E-state index in [1.54, 1.807) is 12.1 Å². The molecule has 0 aliphatic carbocycles. The van der Waals surface area contributed by atoms with Crippen LogP contribution in [0.5, 0.6) is 0 Å². The van der Waals surface area contributed by atoms with Crippen LogP contribution in [0.4, 0.5) is 0 Å². The maximum absolute atomic E-state index is 8.98. The predicted molar refractivity (Wildman–Crippen MR) is 71.6 cm³/mol. The summed E-state index contributed by atoms with van der Waals surface area (Å²) < 4.78 is 11.0. The number of aliphatic hydroxyl groups excluding tert-OH is 2. The van der Waals surface area contributed by atoms with Gasteiger partial charge < -0.3 is 19.0 Å². The topological polar surface area (TPSA) is 66.7 Å². The Labute approximate surface area is 113 Å². The molecule has 0 spiro atoms. The summed E-state index contributed by atoms with van der Waals surface area (Å²) >= 11 is 1.54. The molecule has 0 atom stereocenters. The molecule has 98 valence electrons. The number of furan rings is 2. The van der Waals surface area contributed by atoms with E-state index >= 15 is 0 Å². The van der Waals surface area contributed by atoms with Crippen molar-refractivity contribution in [2.75, 3.05) is 0 Å². The molecule has 0 aliphatic rings. The van der Waals surface area contributed by atoms with Crippen molar-refractivity contribution in [3.05, 3.63) is 47.9 Å². The first kappa shape index (κ1) is 12.2. The Hall–Kier alpha value is -1.82. The lowest BCUT2D eigenvalue weighted by Gasteiger charge is -1.92. The molecule has 0 fully saturated rings. The Bertz CT molecular complexity index is 620. The van der Waals surface area contributed by atoms with E-state index < -0.39 is 0 Å². The summed E-state index contributed by atoms with van der Waals surface area (Å²) in [6, 6.07) is 11.1. The van der Waals surface area contributed by atoms with E-state index in [9.17, 15) is 0 Å². The normalized spacial score (nSPS) is 11.1. The van der Waals surface area contributed by atoms with Crippen molar-refractivity contribution in [3.63, 3.8) is 0 Å². The van der Waals surface area contributed by atoms with Gasteiger partial charge in [0.05, 0.1) is 9.75 Å².